The summed E-state index contributed by atoms with van der Waals surface area (Å²) in [5.41, 5.74) is 1.74. The van der Waals surface area contributed by atoms with Gasteiger partial charge in [0.05, 0.1) is 17.6 Å². The first-order valence-corrected chi connectivity index (χ1v) is 7.22. The highest BCUT2D eigenvalue weighted by Gasteiger charge is 2.17. The van der Waals surface area contributed by atoms with Crippen LogP contribution in [0.2, 0.25) is 0 Å². The number of nitrogens with zero attached hydrogens (tertiary/aromatic N) is 1. The predicted molar refractivity (Wildman–Crippen MR) is 86.3 cm³/mol. The number of aryl methyl sites for hydroxylation is 1. The molecule has 0 radical (unpaired) electrons. The lowest BCUT2D eigenvalue weighted by Crippen LogP contribution is -2.39. The number of nitrogens with one attached hydrogen (secondary N) is 1. The third-order valence-corrected chi connectivity index (χ3v) is 3.54. The second kappa shape index (κ2) is 7.51. The van der Waals surface area contributed by atoms with Gasteiger partial charge in [0.2, 0.25) is 0 Å². The topological polar surface area (TPSA) is 92.5 Å². The number of nitro benzene ring substituents is 1. The van der Waals surface area contributed by atoms with E-state index >= 15 is 0 Å². The van der Waals surface area contributed by atoms with Crippen LogP contribution in [0.4, 0.5) is 5.69 Å². The molecular weight excluding hydrogens is 296 g/mol. The first-order valence-electron chi connectivity index (χ1n) is 7.22. The number of amides is 1. The fraction of sp³-hybridized carbons (Fsp3) is 0.235. The number of carbonyl (C=O) groups is 1. The van der Waals surface area contributed by atoms with Crippen molar-refractivity contribution >= 4 is 11.6 Å². The van der Waals surface area contributed by atoms with E-state index in [0.29, 0.717) is 17.5 Å². The summed E-state index contributed by atoms with van der Waals surface area (Å²) in [7, 11) is 0. The number of hydrogen-bond acceptors (Lipinski definition) is 4. The van der Waals surface area contributed by atoms with E-state index < -0.39 is 11.0 Å². The summed E-state index contributed by atoms with van der Waals surface area (Å²) < 4.78 is 0. The highest BCUT2D eigenvalue weighted by Crippen LogP contribution is 2.18. The van der Waals surface area contributed by atoms with E-state index in [1.54, 1.807) is 6.92 Å². The van der Waals surface area contributed by atoms with Crippen molar-refractivity contribution in [3.8, 4) is 0 Å². The number of carbonyl (C=O) groups excluding carboxylic acids is 1. The zero-order valence-electron chi connectivity index (χ0n) is 12.7. The number of rotatable bonds is 6. The Morgan fingerprint density at radius 1 is 1.26 bits per heavy atom. The summed E-state index contributed by atoms with van der Waals surface area (Å²) in [5.74, 6) is -0.363. The van der Waals surface area contributed by atoms with Crippen LogP contribution in [-0.4, -0.2) is 28.6 Å². The molecule has 0 fully saturated rings. The third-order valence-electron chi connectivity index (χ3n) is 3.54. The van der Waals surface area contributed by atoms with Crippen molar-refractivity contribution in [3.05, 3.63) is 75.3 Å². The molecule has 2 aromatic rings. The van der Waals surface area contributed by atoms with E-state index in [0.717, 1.165) is 5.56 Å². The number of aliphatic hydroxyl groups is 1. The number of aliphatic hydroxyl groups excluding tert-OH is 1. The molecule has 2 N–H and O–H groups in total. The largest absolute Gasteiger partial charge is 0.394 e. The van der Waals surface area contributed by atoms with Gasteiger partial charge in [0.1, 0.15) is 0 Å². The summed E-state index contributed by atoms with van der Waals surface area (Å²) in [5, 5.41) is 23.0. The minimum Gasteiger partial charge on any atom is -0.394 e. The standard InChI is InChI=1S/C17H18N2O4/c1-12-9-14(7-8-16(12)19(22)23)17(21)18-15(11-20)10-13-5-3-2-4-6-13/h2-9,15,20H,10-11H2,1H3,(H,18,21). The van der Waals surface area contributed by atoms with Crippen LogP contribution in [0.25, 0.3) is 0 Å². The van der Waals surface area contributed by atoms with Gasteiger partial charge in [0.25, 0.3) is 11.6 Å². The van der Waals surface area contributed by atoms with E-state index in [2.05, 4.69) is 5.32 Å². The number of nitro groups is 1. The Labute approximate surface area is 133 Å². The molecule has 0 spiro atoms. The zero-order valence-corrected chi connectivity index (χ0v) is 12.7. The SMILES string of the molecule is Cc1cc(C(=O)NC(CO)Cc2ccccc2)ccc1[N+](=O)[O-]. The molecule has 0 aromatic heterocycles. The molecule has 0 bridgehead atoms. The molecule has 0 saturated carbocycles. The summed E-state index contributed by atoms with van der Waals surface area (Å²) >= 11 is 0. The average molecular weight is 314 g/mol. The highest BCUT2D eigenvalue weighted by molar-refractivity contribution is 5.94. The van der Waals surface area contributed by atoms with Crippen molar-refractivity contribution in [2.24, 2.45) is 0 Å². The zero-order chi connectivity index (χ0) is 16.8. The second-order valence-electron chi connectivity index (χ2n) is 5.30. The second-order valence-corrected chi connectivity index (χ2v) is 5.30. The molecule has 0 aliphatic rings. The molecule has 1 amide bonds. The van der Waals surface area contributed by atoms with Crippen molar-refractivity contribution in [3.63, 3.8) is 0 Å². The molecule has 0 aliphatic carbocycles. The normalized spacial score (nSPS) is 11.7. The van der Waals surface area contributed by atoms with E-state index in [9.17, 15) is 20.0 Å². The predicted octanol–water partition coefficient (Wildman–Crippen LogP) is 2.24. The van der Waals surface area contributed by atoms with Crippen molar-refractivity contribution in [1.29, 1.82) is 0 Å². The Morgan fingerprint density at radius 2 is 1.96 bits per heavy atom. The first-order chi connectivity index (χ1) is 11.0. The fourth-order valence-corrected chi connectivity index (χ4v) is 2.33. The monoisotopic (exact) mass is 314 g/mol. The summed E-state index contributed by atoms with van der Waals surface area (Å²) in [6, 6.07) is 13.3. The van der Waals surface area contributed by atoms with Gasteiger partial charge in [-0.25, -0.2) is 0 Å². The van der Waals surface area contributed by atoms with Gasteiger partial charge in [-0.3, -0.25) is 14.9 Å². The summed E-state index contributed by atoms with van der Waals surface area (Å²) in [6.07, 6.45) is 0.509. The van der Waals surface area contributed by atoms with Crippen molar-refractivity contribution in [1.82, 2.24) is 5.32 Å². The highest BCUT2D eigenvalue weighted by atomic mass is 16.6. The Balaban J connectivity index is 2.07. The first kappa shape index (κ1) is 16.6. The van der Waals surface area contributed by atoms with Gasteiger partial charge in [-0.15, -0.1) is 0 Å². The molecule has 1 unspecified atom stereocenters. The van der Waals surface area contributed by atoms with Gasteiger partial charge in [-0.1, -0.05) is 30.3 Å². The maximum atomic E-state index is 12.2. The van der Waals surface area contributed by atoms with Crippen LogP contribution in [0, 0.1) is 17.0 Å². The lowest BCUT2D eigenvalue weighted by atomic mass is 10.1. The molecule has 0 heterocycles. The van der Waals surface area contributed by atoms with Crippen LogP contribution in [0.1, 0.15) is 21.5 Å². The third kappa shape index (κ3) is 4.37. The van der Waals surface area contributed by atoms with Gasteiger partial charge in [0.15, 0.2) is 0 Å². The van der Waals surface area contributed by atoms with Crippen LogP contribution in [0.3, 0.4) is 0 Å². The van der Waals surface area contributed by atoms with E-state index in [-0.39, 0.29) is 18.2 Å². The van der Waals surface area contributed by atoms with Gasteiger partial charge >= 0.3 is 0 Å². The Hall–Kier alpha value is -2.73. The molecule has 1 atom stereocenters. The van der Waals surface area contributed by atoms with Crippen LogP contribution < -0.4 is 5.32 Å². The Kier molecular flexibility index (Phi) is 5.43. The molecule has 0 aliphatic heterocycles. The van der Waals surface area contributed by atoms with Crippen molar-refractivity contribution in [2.75, 3.05) is 6.61 Å². The minimum absolute atomic E-state index is 0.0236. The molecule has 6 nitrogen and oxygen atoms in total. The van der Waals surface area contributed by atoms with Gasteiger partial charge < -0.3 is 10.4 Å². The molecule has 2 rings (SSSR count). The molecule has 0 saturated heterocycles. The van der Waals surface area contributed by atoms with Crippen molar-refractivity contribution in [2.45, 2.75) is 19.4 Å². The molecule has 120 valence electrons. The molecule has 2 aromatic carbocycles. The van der Waals surface area contributed by atoms with Crippen LogP contribution in [0.15, 0.2) is 48.5 Å². The maximum absolute atomic E-state index is 12.2. The Morgan fingerprint density at radius 3 is 2.52 bits per heavy atom. The average Bonchev–Trinajstić information content (AvgIpc) is 2.54. The summed E-state index contributed by atoms with van der Waals surface area (Å²) in [4.78, 5) is 22.6. The minimum atomic E-state index is -0.483. The molecule has 6 heteroatoms. The Bertz CT molecular complexity index is 701. The molecular formula is C17H18N2O4. The van der Waals surface area contributed by atoms with Crippen LogP contribution in [-0.2, 0) is 6.42 Å². The van der Waals surface area contributed by atoms with Crippen LogP contribution in [0.5, 0.6) is 0 Å². The van der Waals surface area contributed by atoms with Crippen LogP contribution >= 0.6 is 0 Å². The summed E-state index contributed by atoms with van der Waals surface area (Å²) in [6.45, 7) is 1.40. The quantitative estimate of drug-likeness (QED) is 0.631. The smallest absolute Gasteiger partial charge is 0.272 e. The lowest BCUT2D eigenvalue weighted by molar-refractivity contribution is -0.385. The van der Waals surface area contributed by atoms with Crippen molar-refractivity contribution < 1.29 is 14.8 Å². The van der Waals surface area contributed by atoms with E-state index in [4.69, 9.17) is 0 Å². The van der Waals surface area contributed by atoms with Gasteiger partial charge in [0, 0.05) is 17.2 Å². The van der Waals surface area contributed by atoms with Gasteiger partial charge in [-0.2, -0.15) is 0 Å². The number of hydrogen-bond donors (Lipinski definition) is 2. The maximum Gasteiger partial charge on any atom is 0.272 e. The van der Waals surface area contributed by atoms with Gasteiger partial charge in [-0.05, 0) is 31.0 Å². The van der Waals surface area contributed by atoms with E-state index in [1.807, 2.05) is 30.3 Å². The number of benzene rings is 2. The lowest BCUT2D eigenvalue weighted by Gasteiger charge is -2.16. The van der Waals surface area contributed by atoms with E-state index in [1.165, 1.54) is 18.2 Å². The fourth-order valence-electron chi connectivity index (χ4n) is 2.33. The molecule has 23 heavy (non-hydrogen) atoms.